The largest absolute Gasteiger partial charge is 0.272 e. The zero-order chi connectivity index (χ0) is 23.7. The van der Waals surface area contributed by atoms with Gasteiger partial charge in [-0.25, -0.2) is 10.4 Å². The van der Waals surface area contributed by atoms with Gasteiger partial charge in [-0.15, -0.1) is 11.3 Å². The maximum Gasteiger partial charge on any atom is 0.267 e. The standard InChI is InChI=1S/C24H18BrClN4O2S2/c25-15-4-1-3-14(11-15)12-27-29-20(31)13-33-24-28-22-21(18-5-2-6-19(18)34-22)23(32)30(24)17-9-7-16(26)8-10-17/h1,3-4,7-12H,2,5-6,13H2,(H,29,31). The van der Waals surface area contributed by atoms with E-state index in [0.29, 0.717) is 21.3 Å². The summed E-state index contributed by atoms with van der Waals surface area (Å²) < 4.78 is 2.51. The highest BCUT2D eigenvalue weighted by Crippen LogP contribution is 2.36. The maximum absolute atomic E-state index is 13.6. The summed E-state index contributed by atoms with van der Waals surface area (Å²) in [4.78, 5) is 32.8. The van der Waals surface area contributed by atoms with Crippen LogP contribution in [-0.4, -0.2) is 27.4 Å². The highest BCUT2D eigenvalue weighted by molar-refractivity contribution is 9.10. The minimum atomic E-state index is -0.290. The molecule has 0 saturated heterocycles. The Balaban J connectivity index is 1.42. The Labute approximate surface area is 217 Å². The molecule has 0 unspecified atom stereocenters. The van der Waals surface area contributed by atoms with Crippen LogP contribution in [0.3, 0.4) is 0 Å². The molecule has 5 rings (SSSR count). The number of thioether (sulfide) groups is 1. The third-order valence-electron chi connectivity index (χ3n) is 5.38. The number of nitrogens with zero attached hydrogens (tertiary/aromatic N) is 3. The van der Waals surface area contributed by atoms with E-state index >= 15 is 0 Å². The molecule has 10 heteroatoms. The van der Waals surface area contributed by atoms with Crippen LogP contribution in [0.2, 0.25) is 5.02 Å². The second-order valence-electron chi connectivity index (χ2n) is 7.69. The summed E-state index contributed by atoms with van der Waals surface area (Å²) in [5, 5.41) is 5.77. The lowest BCUT2D eigenvalue weighted by molar-refractivity contribution is -0.118. The molecule has 172 valence electrons. The molecular weight excluding hydrogens is 556 g/mol. The Morgan fingerprint density at radius 3 is 2.88 bits per heavy atom. The quantitative estimate of drug-likeness (QED) is 0.141. The molecule has 1 aliphatic rings. The van der Waals surface area contributed by atoms with Crippen LogP contribution in [0.25, 0.3) is 15.9 Å². The van der Waals surface area contributed by atoms with E-state index in [2.05, 4.69) is 26.5 Å². The fourth-order valence-corrected chi connectivity index (χ4v) is 6.52. The van der Waals surface area contributed by atoms with Crippen molar-refractivity contribution in [1.29, 1.82) is 0 Å². The first-order valence-corrected chi connectivity index (χ1v) is 13.5. The number of nitrogens with one attached hydrogen (secondary N) is 1. The van der Waals surface area contributed by atoms with Crippen molar-refractivity contribution in [2.45, 2.75) is 24.4 Å². The summed E-state index contributed by atoms with van der Waals surface area (Å²) in [6, 6.07) is 14.6. The molecule has 0 atom stereocenters. The number of carbonyl (C=O) groups is 1. The number of amides is 1. The van der Waals surface area contributed by atoms with Gasteiger partial charge in [-0.05, 0) is 66.8 Å². The van der Waals surface area contributed by atoms with Crippen LogP contribution in [0.15, 0.2) is 68.1 Å². The molecule has 1 amide bonds. The predicted octanol–water partition coefficient (Wildman–Crippen LogP) is 5.59. The van der Waals surface area contributed by atoms with Crippen molar-refractivity contribution in [3.8, 4) is 5.69 Å². The Morgan fingerprint density at radius 1 is 1.26 bits per heavy atom. The average molecular weight is 574 g/mol. The monoisotopic (exact) mass is 572 g/mol. The molecule has 0 bridgehead atoms. The van der Waals surface area contributed by atoms with Crippen molar-refractivity contribution in [2.24, 2.45) is 5.10 Å². The highest BCUT2D eigenvalue weighted by Gasteiger charge is 2.24. The summed E-state index contributed by atoms with van der Waals surface area (Å²) >= 11 is 12.3. The van der Waals surface area contributed by atoms with Gasteiger partial charge in [-0.2, -0.15) is 5.10 Å². The van der Waals surface area contributed by atoms with Crippen molar-refractivity contribution in [3.63, 3.8) is 0 Å². The van der Waals surface area contributed by atoms with Crippen LogP contribution in [0.5, 0.6) is 0 Å². The number of hydrogen-bond donors (Lipinski definition) is 1. The molecule has 6 nitrogen and oxygen atoms in total. The molecule has 1 aliphatic carbocycles. The smallest absolute Gasteiger partial charge is 0.267 e. The van der Waals surface area contributed by atoms with Crippen molar-refractivity contribution < 1.29 is 4.79 Å². The van der Waals surface area contributed by atoms with Crippen molar-refractivity contribution >= 4 is 73.0 Å². The number of hydrazone groups is 1. The lowest BCUT2D eigenvalue weighted by Crippen LogP contribution is -2.24. The minimum absolute atomic E-state index is 0.0620. The molecule has 0 fully saturated rings. The zero-order valence-electron chi connectivity index (χ0n) is 17.8. The molecule has 0 aliphatic heterocycles. The van der Waals surface area contributed by atoms with E-state index < -0.39 is 0 Å². The van der Waals surface area contributed by atoms with E-state index in [-0.39, 0.29) is 17.2 Å². The number of aromatic nitrogens is 2. The van der Waals surface area contributed by atoms with Gasteiger partial charge in [0.25, 0.3) is 11.5 Å². The van der Waals surface area contributed by atoms with Gasteiger partial charge in [0.1, 0.15) is 4.83 Å². The van der Waals surface area contributed by atoms with Crippen LogP contribution in [0, 0.1) is 0 Å². The molecule has 2 heterocycles. The van der Waals surface area contributed by atoms with E-state index in [1.54, 1.807) is 46.4 Å². The van der Waals surface area contributed by atoms with Crippen LogP contribution in [-0.2, 0) is 17.6 Å². The predicted molar refractivity (Wildman–Crippen MR) is 143 cm³/mol. The average Bonchev–Trinajstić information content (AvgIpc) is 3.40. The number of hydrogen-bond acceptors (Lipinski definition) is 6. The number of thiophene rings is 1. The van der Waals surface area contributed by atoms with E-state index in [9.17, 15) is 9.59 Å². The third-order valence-corrected chi connectivity index (χ3v) is 8.25. The highest BCUT2D eigenvalue weighted by atomic mass is 79.9. The van der Waals surface area contributed by atoms with Crippen LogP contribution in [0.1, 0.15) is 22.4 Å². The maximum atomic E-state index is 13.6. The molecular formula is C24H18BrClN4O2S2. The van der Waals surface area contributed by atoms with Crippen LogP contribution in [0.4, 0.5) is 0 Å². The fraction of sp³-hybridized carbons (Fsp3) is 0.167. The third kappa shape index (κ3) is 4.84. The van der Waals surface area contributed by atoms with Crippen LogP contribution < -0.4 is 11.0 Å². The number of rotatable bonds is 6. The molecule has 0 radical (unpaired) electrons. The van der Waals surface area contributed by atoms with Gasteiger partial charge in [0.2, 0.25) is 0 Å². The van der Waals surface area contributed by atoms with Gasteiger partial charge in [-0.1, -0.05) is 51.4 Å². The molecule has 4 aromatic rings. The second kappa shape index (κ2) is 10.0. The molecule has 0 saturated carbocycles. The lowest BCUT2D eigenvalue weighted by atomic mass is 10.2. The van der Waals surface area contributed by atoms with E-state index in [1.165, 1.54) is 16.6 Å². The van der Waals surface area contributed by atoms with Gasteiger partial charge in [0.05, 0.1) is 23.0 Å². The molecule has 2 aromatic heterocycles. The fourth-order valence-electron chi connectivity index (χ4n) is 3.87. The van der Waals surface area contributed by atoms with Gasteiger partial charge in [-0.3, -0.25) is 14.2 Å². The van der Waals surface area contributed by atoms with Gasteiger partial charge in [0, 0.05) is 14.4 Å². The van der Waals surface area contributed by atoms with Gasteiger partial charge >= 0.3 is 0 Å². The normalized spacial score (nSPS) is 13.0. The van der Waals surface area contributed by atoms with Crippen LogP contribution >= 0.6 is 50.6 Å². The first kappa shape index (κ1) is 23.3. The summed E-state index contributed by atoms with van der Waals surface area (Å²) in [5.41, 5.74) is 5.07. The SMILES string of the molecule is O=C(CSc1nc2sc3c(c2c(=O)n1-c1ccc(Cl)cc1)CCC3)NN=Cc1cccc(Br)c1. The van der Waals surface area contributed by atoms with E-state index in [4.69, 9.17) is 16.6 Å². The number of benzene rings is 2. The second-order valence-corrected chi connectivity index (χ2v) is 11.1. The molecule has 2 aromatic carbocycles. The van der Waals surface area contributed by atoms with Crippen molar-refractivity contribution in [1.82, 2.24) is 15.0 Å². The molecule has 34 heavy (non-hydrogen) atoms. The summed E-state index contributed by atoms with van der Waals surface area (Å²) in [6.07, 6.45) is 4.53. The minimum Gasteiger partial charge on any atom is -0.272 e. The Kier molecular flexibility index (Phi) is 6.87. The Morgan fingerprint density at radius 2 is 2.09 bits per heavy atom. The number of aryl methyl sites for hydroxylation is 2. The lowest BCUT2D eigenvalue weighted by Gasteiger charge is -2.12. The van der Waals surface area contributed by atoms with E-state index in [0.717, 1.165) is 39.7 Å². The first-order chi connectivity index (χ1) is 16.5. The summed E-state index contributed by atoms with van der Waals surface area (Å²) in [5.74, 6) is -0.228. The number of fused-ring (bicyclic) bond motifs is 3. The summed E-state index contributed by atoms with van der Waals surface area (Å²) in [7, 11) is 0. The van der Waals surface area contributed by atoms with Gasteiger partial charge in [0.15, 0.2) is 5.16 Å². The van der Waals surface area contributed by atoms with Crippen molar-refractivity contribution in [2.75, 3.05) is 5.75 Å². The topological polar surface area (TPSA) is 76.3 Å². The van der Waals surface area contributed by atoms with E-state index in [1.807, 2.05) is 24.3 Å². The van der Waals surface area contributed by atoms with Gasteiger partial charge < -0.3 is 0 Å². The zero-order valence-corrected chi connectivity index (χ0v) is 21.7. The first-order valence-electron chi connectivity index (χ1n) is 10.5. The Hall–Kier alpha value is -2.46. The summed E-state index contributed by atoms with van der Waals surface area (Å²) in [6.45, 7) is 0. The molecule has 0 spiro atoms. The number of carbonyl (C=O) groups excluding carboxylic acids is 1. The van der Waals surface area contributed by atoms with Crippen molar-refractivity contribution in [3.05, 3.63) is 84.4 Å². The Bertz CT molecular complexity index is 1480. The number of halogens is 2. The molecule has 1 N–H and O–H groups in total.